The van der Waals surface area contributed by atoms with Gasteiger partial charge in [-0.1, -0.05) is 128 Å². The summed E-state index contributed by atoms with van der Waals surface area (Å²) in [6.07, 6.45) is 1.86. The first-order chi connectivity index (χ1) is 24.3. The number of hydrogen-bond acceptors (Lipinski definition) is 6. The second kappa shape index (κ2) is 14.4. The van der Waals surface area contributed by atoms with Gasteiger partial charge in [0.25, 0.3) is 5.56 Å². The van der Waals surface area contributed by atoms with Gasteiger partial charge in [-0.15, -0.1) is 0 Å². The molecular weight excluding hydrogens is 708 g/mol. The maximum atomic E-state index is 14.3. The number of benzene rings is 5. The van der Waals surface area contributed by atoms with Crippen LogP contribution in [-0.2, 0) is 16.1 Å². The van der Waals surface area contributed by atoms with Gasteiger partial charge in [-0.3, -0.25) is 9.36 Å². The summed E-state index contributed by atoms with van der Waals surface area (Å²) in [6.45, 7) is 6.67. The van der Waals surface area contributed by atoms with E-state index < -0.39 is 12.0 Å². The minimum atomic E-state index is -0.722. The maximum Gasteiger partial charge on any atom is 0.338 e. The molecule has 1 aliphatic rings. The highest BCUT2D eigenvalue weighted by Gasteiger charge is 2.35. The molecule has 0 radical (unpaired) electrons. The summed E-state index contributed by atoms with van der Waals surface area (Å²) in [4.78, 5) is 33.6. The quantitative estimate of drug-likeness (QED) is 0.139. The van der Waals surface area contributed by atoms with Crippen LogP contribution in [0.1, 0.15) is 60.5 Å². The molecule has 0 saturated carbocycles. The zero-order valence-electron chi connectivity index (χ0n) is 27.9. The highest BCUT2D eigenvalue weighted by atomic mass is 79.9. The van der Waals surface area contributed by atoms with Crippen molar-refractivity contribution in [3.63, 3.8) is 0 Å². The van der Waals surface area contributed by atoms with Gasteiger partial charge < -0.3 is 9.47 Å². The van der Waals surface area contributed by atoms with Gasteiger partial charge in [0.2, 0.25) is 0 Å². The van der Waals surface area contributed by atoms with Gasteiger partial charge in [0, 0.05) is 5.56 Å². The molecule has 2 heterocycles. The number of fused-ring (bicyclic) bond motifs is 2. The molecule has 50 heavy (non-hydrogen) atoms. The van der Waals surface area contributed by atoms with Gasteiger partial charge in [0.15, 0.2) is 4.80 Å². The second-order valence-corrected chi connectivity index (χ2v) is 14.2. The minimum absolute atomic E-state index is 0.199. The number of nitrogens with zero attached hydrogens (tertiary/aromatic N) is 2. The van der Waals surface area contributed by atoms with Crippen LogP contribution < -0.4 is 19.6 Å². The number of hydrogen-bond donors (Lipinski definition) is 0. The molecule has 7 rings (SSSR count). The van der Waals surface area contributed by atoms with Crippen molar-refractivity contribution < 1.29 is 14.3 Å². The fourth-order valence-electron chi connectivity index (χ4n) is 6.27. The number of esters is 1. The van der Waals surface area contributed by atoms with Crippen molar-refractivity contribution in [3.05, 3.63) is 173 Å². The average Bonchev–Trinajstić information content (AvgIpc) is 3.44. The first-order valence-corrected chi connectivity index (χ1v) is 18.2. The van der Waals surface area contributed by atoms with Crippen LogP contribution >= 0.6 is 27.3 Å². The zero-order chi connectivity index (χ0) is 34.8. The minimum Gasteiger partial charge on any atom is -0.488 e. The molecule has 0 unspecified atom stereocenters. The SMILES string of the molecule is CCOC(=O)C1=C(c2ccccc2)N=c2s/c(=C\c3ccc(OCc4cccc5ccccc45)c(Br)c3)c(=O)n2[C@@H]1c1ccc(C(C)C)cc1. The first kappa shape index (κ1) is 33.4. The molecule has 1 atom stereocenters. The van der Waals surface area contributed by atoms with E-state index in [0.29, 0.717) is 38.9 Å². The standard InChI is InChI=1S/C42H35BrN2O4S/c1-4-48-41(47)37-38(30-12-6-5-7-13-30)44-42-45(39(37)31-20-18-28(19-21-31)26(2)3)40(46)36(50-42)24-27-17-22-35(34(43)23-27)49-25-32-15-10-14-29-11-8-9-16-33(29)32/h5-24,26,39H,4,25H2,1-3H3/b36-24-/t39-/m1/s1. The zero-order valence-corrected chi connectivity index (χ0v) is 30.3. The Hall–Kier alpha value is -5.05. The highest BCUT2D eigenvalue weighted by Crippen LogP contribution is 2.36. The van der Waals surface area contributed by atoms with E-state index in [0.717, 1.165) is 32.1 Å². The predicted molar refractivity (Wildman–Crippen MR) is 204 cm³/mol. The van der Waals surface area contributed by atoms with E-state index in [2.05, 4.69) is 66.2 Å². The number of carbonyl (C=O) groups is 1. The van der Waals surface area contributed by atoms with Gasteiger partial charge in [-0.25, -0.2) is 9.79 Å². The van der Waals surface area contributed by atoms with Gasteiger partial charge in [0.1, 0.15) is 12.4 Å². The molecule has 6 nitrogen and oxygen atoms in total. The normalized spacial score (nSPS) is 14.5. The molecule has 1 aromatic heterocycles. The number of ether oxygens (including phenoxy) is 2. The number of rotatable bonds is 9. The average molecular weight is 744 g/mol. The van der Waals surface area contributed by atoms with Crippen molar-refractivity contribution in [1.82, 2.24) is 4.57 Å². The summed E-state index contributed by atoms with van der Waals surface area (Å²) in [7, 11) is 0. The highest BCUT2D eigenvalue weighted by molar-refractivity contribution is 9.10. The Balaban J connectivity index is 1.30. The van der Waals surface area contributed by atoms with Gasteiger partial charge in [-0.05, 0) is 80.0 Å². The third kappa shape index (κ3) is 6.61. The summed E-state index contributed by atoms with van der Waals surface area (Å²) in [5.74, 6) is 0.540. The van der Waals surface area contributed by atoms with Crippen molar-refractivity contribution in [2.75, 3.05) is 6.61 Å². The lowest BCUT2D eigenvalue weighted by Crippen LogP contribution is -2.40. The van der Waals surface area contributed by atoms with Crippen molar-refractivity contribution in [2.45, 2.75) is 39.3 Å². The molecule has 0 saturated heterocycles. The molecule has 250 valence electrons. The number of carbonyl (C=O) groups excluding carboxylic acids is 1. The number of thiazole rings is 1. The van der Waals surface area contributed by atoms with Crippen LogP contribution in [0.4, 0.5) is 0 Å². The van der Waals surface area contributed by atoms with E-state index in [-0.39, 0.29) is 12.2 Å². The summed E-state index contributed by atoms with van der Waals surface area (Å²) < 4.78 is 14.7. The van der Waals surface area contributed by atoms with Crippen LogP contribution in [-0.4, -0.2) is 17.1 Å². The molecule has 8 heteroatoms. The molecule has 0 fully saturated rings. The van der Waals surface area contributed by atoms with E-state index in [1.165, 1.54) is 22.3 Å². The summed E-state index contributed by atoms with van der Waals surface area (Å²) >= 11 is 4.99. The Morgan fingerprint density at radius 2 is 1.68 bits per heavy atom. The van der Waals surface area contributed by atoms with Gasteiger partial charge in [-0.2, -0.15) is 0 Å². The third-order valence-electron chi connectivity index (χ3n) is 8.81. The summed E-state index contributed by atoms with van der Waals surface area (Å²) in [5.41, 5.74) is 5.30. The summed E-state index contributed by atoms with van der Waals surface area (Å²) in [6, 6.07) is 37.2. The van der Waals surface area contributed by atoms with Crippen LogP contribution in [0.25, 0.3) is 22.5 Å². The number of halogens is 1. The number of aromatic nitrogens is 1. The molecule has 0 N–H and O–H groups in total. The van der Waals surface area contributed by atoms with Crippen LogP contribution in [0.3, 0.4) is 0 Å². The molecule has 5 aromatic carbocycles. The van der Waals surface area contributed by atoms with E-state index in [1.807, 2.05) is 84.9 Å². The van der Waals surface area contributed by atoms with Crippen LogP contribution in [0.2, 0.25) is 0 Å². The third-order valence-corrected chi connectivity index (χ3v) is 10.4. The van der Waals surface area contributed by atoms with Gasteiger partial charge in [0.05, 0.1) is 32.9 Å². The van der Waals surface area contributed by atoms with Crippen molar-refractivity contribution in [2.24, 2.45) is 4.99 Å². The topological polar surface area (TPSA) is 69.9 Å². The monoisotopic (exact) mass is 742 g/mol. The molecule has 0 bridgehead atoms. The smallest absolute Gasteiger partial charge is 0.338 e. The Morgan fingerprint density at radius 3 is 2.42 bits per heavy atom. The van der Waals surface area contributed by atoms with Crippen LogP contribution in [0.15, 0.2) is 135 Å². The molecule has 6 aromatic rings. The first-order valence-electron chi connectivity index (χ1n) is 16.6. The largest absolute Gasteiger partial charge is 0.488 e. The van der Waals surface area contributed by atoms with Gasteiger partial charge >= 0.3 is 5.97 Å². The predicted octanol–water partition coefficient (Wildman–Crippen LogP) is 8.55. The molecular formula is C42H35BrN2O4S. The van der Waals surface area contributed by atoms with E-state index in [1.54, 1.807) is 11.5 Å². The Morgan fingerprint density at radius 1 is 0.940 bits per heavy atom. The fourth-order valence-corrected chi connectivity index (χ4v) is 7.78. The van der Waals surface area contributed by atoms with E-state index in [4.69, 9.17) is 14.5 Å². The Bertz CT molecular complexity index is 2420. The molecule has 0 spiro atoms. The maximum absolute atomic E-state index is 14.3. The lowest BCUT2D eigenvalue weighted by molar-refractivity contribution is -0.138. The molecule has 0 amide bonds. The van der Waals surface area contributed by atoms with Crippen molar-refractivity contribution in [3.8, 4) is 5.75 Å². The van der Waals surface area contributed by atoms with E-state index in [9.17, 15) is 9.59 Å². The second-order valence-electron chi connectivity index (χ2n) is 12.4. The van der Waals surface area contributed by atoms with Crippen LogP contribution in [0, 0.1) is 0 Å². The lowest BCUT2D eigenvalue weighted by Gasteiger charge is -2.26. The molecule has 1 aliphatic heterocycles. The summed E-state index contributed by atoms with van der Waals surface area (Å²) in [5, 5.41) is 2.33. The molecule has 0 aliphatic carbocycles. The lowest BCUT2D eigenvalue weighted by atomic mass is 9.91. The Kier molecular flexibility index (Phi) is 9.65. The van der Waals surface area contributed by atoms with Crippen LogP contribution in [0.5, 0.6) is 5.75 Å². The van der Waals surface area contributed by atoms with E-state index >= 15 is 0 Å². The van der Waals surface area contributed by atoms with Crippen molar-refractivity contribution >= 4 is 55.8 Å². The Labute approximate surface area is 302 Å². The van der Waals surface area contributed by atoms with Crippen molar-refractivity contribution in [1.29, 1.82) is 0 Å². The fraction of sp³-hybridized carbons (Fsp3) is 0.167.